The van der Waals surface area contributed by atoms with E-state index in [2.05, 4.69) is 4.99 Å². The average molecular weight is 391 g/mol. The van der Waals surface area contributed by atoms with E-state index in [1.54, 1.807) is 32.4 Å². The number of thiazole rings is 1. The molecule has 136 valence electrons. The molecule has 0 aliphatic rings. The number of methoxy groups -OCH3 is 2. The number of nitrogens with zero attached hydrogens (tertiary/aromatic N) is 2. The van der Waals surface area contributed by atoms with Crippen molar-refractivity contribution in [2.24, 2.45) is 4.99 Å². The summed E-state index contributed by atoms with van der Waals surface area (Å²) < 4.78 is 13.5. The van der Waals surface area contributed by atoms with Gasteiger partial charge in [-0.15, -0.1) is 0 Å². The van der Waals surface area contributed by atoms with Gasteiger partial charge in [-0.05, 0) is 43.7 Å². The molecule has 26 heavy (non-hydrogen) atoms. The number of aromatic nitrogens is 1. The molecule has 0 N–H and O–H groups in total. The molecule has 2 aromatic carbocycles. The molecule has 0 aliphatic heterocycles. The molecule has 1 aromatic heterocycles. The normalized spacial score (nSPS) is 11.8. The summed E-state index contributed by atoms with van der Waals surface area (Å²) in [4.78, 5) is 17.7. The van der Waals surface area contributed by atoms with Crippen molar-refractivity contribution < 1.29 is 14.3 Å². The number of ether oxygens (including phenoxy) is 2. The van der Waals surface area contributed by atoms with E-state index in [0.29, 0.717) is 33.4 Å². The van der Waals surface area contributed by atoms with E-state index in [4.69, 9.17) is 21.1 Å². The third-order valence-corrected chi connectivity index (χ3v) is 5.29. The predicted molar refractivity (Wildman–Crippen MR) is 105 cm³/mol. The Balaban J connectivity index is 2.16. The molecule has 0 atom stereocenters. The zero-order valence-electron chi connectivity index (χ0n) is 15.0. The van der Waals surface area contributed by atoms with Crippen molar-refractivity contribution in [1.82, 2.24) is 4.57 Å². The van der Waals surface area contributed by atoms with Crippen molar-refractivity contribution in [1.29, 1.82) is 0 Å². The Morgan fingerprint density at radius 2 is 1.81 bits per heavy atom. The van der Waals surface area contributed by atoms with Gasteiger partial charge in [0.1, 0.15) is 11.5 Å². The van der Waals surface area contributed by atoms with Crippen molar-refractivity contribution >= 4 is 39.1 Å². The second kappa shape index (κ2) is 7.51. The molecule has 1 amide bonds. The van der Waals surface area contributed by atoms with Gasteiger partial charge < -0.3 is 14.0 Å². The molecule has 3 aromatic rings. The number of carbonyl (C=O) groups excluding carboxylic acids is 1. The van der Waals surface area contributed by atoms with E-state index in [9.17, 15) is 4.79 Å². The van der Waals surface area contributed by atoms with Crippen LogP contribution >= 0.6 is 22.9 Å². The first-order chi connectivity index (χ1) is 12.5. The minimum atomic E-state index is -0.347. The Bertz CT molecular complexity index is 1030. The fraction of sp³-hybridized carbons (Fsp3) is 0.263. The molecule has 3 rings (SSSR count). The molecule has 0 radical (unpaired) electrons. The van der Waals surface area contributed by atoms with Crippen molar-refractivity contribution in [2.75, 3.05) is 14.2 Å². The molecule has 0 saturated carbocycles. The highest BCUT2D eigenvalue weighted by atomic mass is 35.5. The van der Waals surface area contributed by atoms with E-state index < -0.39 is 0 Å². The quantitative estimate of drug-likeness (QED) is 0.661. The highest BCUT2D eigenvalue weighted by Gasteiger charge is 2.13. The van der Waals surface area contributed by atoms with Crippen molar-refractivity contribution in [3.8, 4) is 11.5 Å². The van der Waals surface area contributed by atoms with Crippen LogP contribution in [0.25, 0.3) is 10.2 Å². The Hall–Kier alpha value is -2.31. The summed E-state index contributed by atoms with van der Waals surface area (Å²) in [5.41, 5.74) is 2.52. The lowest BCUT2D eigenvalue weighted by atomic mass is 10.2. The first kappa shape index (κ1) is 18.5. The minimum Gasteiger partial charge on any atom is -0.497 e. The van der Waals surface area contributed by atoms with Crippen LogP contribution in [-0.4, -0.2) is 24.7 Å². The Kier molecular flexibility index (Phi) is 5.34. The van der Waals surface area contributed by atoms with Gasteiger partial charge in [0.15, 0.2) is 4.80 Å². The van der Waals surface area contributed by atoms with Crippen LogP contribution in [0.2, 0.25) is 5.02 Å². The predicted octanol–water partition coefficient (Wildman–Crippen LogP) is 4.44. The highest BCUT2D eigenvalue weighted by Crippen LogP contribution is 2.26. The summed E-state index contributed by atoms with van der Waals surface area (Å²) in [5, 5.41) is 0.676. The number of rotatable bonds is 4. The maximum absolute atomic E-state index is 12.7. The summed E-state index contributed by atoms with van der Waals surface area (Å²) in [7, 11) is 3.09. The molecule has 0 fully saturated rings. The fourth-order valence-electron chi connectivity index (χ4n) is 2.84. The van der Waals surface area contributed by atoms with Gasteiger partial charge in [0.05, 0.1) is 24.4 Å². The maximum Gasteiger partial charge on any atom is 0.279 e. The topological polar surface area (TPSA) is 52.8 Å². The number of fused-ring (bicyclic) bond motifs is 1. The first-order valence-corrected chi connectivity index (χ1v) is 9.28. The summed E-state index contributed by atoms with van der Waals surface area (Å²) in [5.74, 6) is 0.746. The zero-order valence-corrected chi connectivity index (χ0v) is 16.6. The Morgan fingerprint density at radius 1 is 1.15 bits per heavy atom. The first-order valence-electron chi connectivity index (χ1n) is 8.08. The number of halogens is 1. The van der Waals surface area contributed by atoms with Crippen LogP contribution in [0.5, 0.6) is 11.5 Å². The van der Waals surface area contributed by atoms with Crippen LogP contribution in [0, 0.1) is 6.92 Å². The van der Waals surface area contributed by atoms with E-state index in [-0.39, 0.29) is 5.91 Å². The second-order valence-electron chi connectivity index (χ2n) is 5.72. The molecule has 7 heteroatoms. The third kappa shape index (κ3) is 3.48. The summed E-state index contributed by atoms with van der Waals surface area (Å²) >= 11 is 7.62. The Morgan fingerprint density at radius 3 is 2.38 bits per heavy atom. The molecule has 1 heterocycles. The molecule has 0 bridgehead atoms. The monoisotopic (exact) mass is 390 g/mol. The van der Waals surface area contributed by atoms with E-state index >= 15 is 0 Å². The molecule has 5 nitrogen and oxygen atoms in total. The molecule has 0 aliphatic carbocycles. The van der Waals surface area contributed by atoms with E-state index in [1.165, 1.54) is 11.3 Å². The zero-order chi connectivity index (χ0) is 18.8. The van der Waals surface area contributed by atoms with Gasteiger partial charge in [0.2, 0.25) is 0 Å². The van der Waals surface area contributed by atoms with Crippen molar-refractivity contribution in [3.63, 3.8) is 0 Å². The number of aryl methyl sites for hydroxylation is 2. The average Bonchev–Trinajstić information content (AvgIpc) is 2.98. The van der Waals surface area contributed by atoms with Gasteiger partial charge in [-0.1, -0.05) is 22.9 Å². The van der Waals surface area contributed by atoms with Gasteiger partial charge in [-0.25, -0.2) is 0 Å². The number of benzene rings is 2. The molecule has 0 unspecified atom stereocenters. The summed E-state index contributed by atoms with van der Waals surface area (Å²) in [6, 6.07) is 8.84. The van der Waals surface area contributed by atoms with Crippen molar-refractivity contribution in [3.05, 3.63) is 51.3 Å². The van der Waals surface area contributed by atoms with Gasteiger partial charge in [0, 0.05) is 23.2 Å². The molecule has 0 spiro atoms. The van der Waals surface area contributed by atoms with Crippen LogP contribution in [0.15, 0.2) is 35.3 Å². The molecule has 0 saturated heterocycles. The van der Waals surface area contributed by atoms with E-state index in [0.717, 1.165) is 15.8 Å². The van der Waals surface area contributed by atoms with E-state index in [1.807, 2.05) is 30.5 Å². The summed E-state index contributed by atoms with van der Waals surface area (Å²) in [6.07, 6.45) is 0. The van der Waals surface area contributed by atoms with Gasteiger partial charge >= 0.3 is 0 Å². The number of carbonyl (C=O) groups is 1. The van der Waals surface area contributed by atoms with Crippen LogP contribution in [0.4, 0.5) is 0 Å². The van der Waals surface area contributed by atoms with Crippen LogP contribution in [0.3, 0.4) is 0 Å². The van der Waals surface area contributed by atoms with Gasteiger partial charge in [0.25, 0.3) is 5.91 Å². The lowest BCUT2D eigenvalue weighted by Crippen LogP contribution is -2.16. The number of amides is 1. The molecular formula is C19H19ClN2O3S. The lowest BCUT2D eigenvalue weighted by molar-refractivity contribution is 0.0997. The highest BCUT2D eigenvalue weighted by molar-refractivity contribution is 7.16. The third-order valence-electron chi connectivity index (χ3n) is 4.04. The Labute approximate surface area is 160 Å². The fourth-order valence-corrected chi connectivity index (χ4v) is 4.38. The smallest absolute Gasteiger partial charge is 0.279 e. The maximum atomic E-state index is 12.7. The standard InChI is InChI=1S/C19H19ClN2O3S/c1-5-22-17-11(2)6-13(20)9-16(17)26-19(22)21-18(23)12-7-14(24-3)10-15(8-12)25-4/h6-10H,5H2,1-4H3. The summed E-state index contributed by atoms with van der Waals surface area (Å²) in [6.45, 7) is 4.74. The van der Waals surface area contributed by atoms with Crippen molar-refractivity contribution in [2.45, 2.75) is 20.4 Å². The SMILES string of the molecule is CCn1c(=NC(=O)c2cc(OC)cc(OC)c2)sc2cc(Cl)cc(C)c21. The second-order valence-corrected chi connectivity index (χ2v) is 7.16. The number of hydrogen-bond donors (Lipinski definition) is 0. The number of hydrogen-bond acceptors (Lipinski definition) is 4. The lowest BCUT2D eigenvalue weighted by Gasteiger charge is -2.06. The van der Waals surface area contributed by atoms with Crippen LogP contribution in [0.1, 0.15) is 22.8 Å². The van der Waals surface area contributed by atoms with Crippen LogP contribution < -0.4 is 14.3 Å². The van der Waals surface area contributed by atoms with Crippen LogP contribution in [-0.2, 0) is 6.54 Å². The molecular weight excluding hydrogens is 372 g/mol. The van der Waals surface area contributed by atoms with Gasteiger partial charge in [-0.2, -0.15) is 4.99 Å². The largest absolute Gasteiger partial charge is 0.497 e. The van der Waals surface area contributed by atoms with Gasteiger partial charge in [-0.3, -0.25) is 4.79 Å². The minimum absolute atomic E-state index is 0.347.